The van der Waals surface area contributed by atoms with Crippen molar-refractivity contribution in [2.24, 2.45) is 0 Å². The Bertz CT molecular complexity index is 1040. The van der Waals surface area contributed by atoms with Crippen molar-refractivity contribution in [2.75, 3.05) is 6.61 Å². The number of rotatable bonds is 6. The summed E-state index contributed by atoms with van der Waals surface area (Å²) in [7, 11) is 0. The van der Waals surface area contributed by atoms with Crippen LogP contribution in [0.2, 0.25) is 0 Å². The first-order valence-corrected chi connectivity index (χ1v) is 11.0. The van der Waals surface area contributed by atoms with Crippen molar-refractivity contribution >= 4 is 0 Å². The highest BCUT2D eigenvalue weighted by Crippen LogP contribution is 2.53. The Morgan fingerprint density at radius 3 is 1.69 bits per heavy atom. The van der Waals surface area contributed by atoms with Crippen molar-refractivity contribution in [1.82, 2.24) is 0 Å². The first-order valence-electron chi connectivity index (χ1n) is 11.0. The topological polar surface area (TPSA) is 79.2 Å². The molecule has 0 saturated carbocycles. The monoisotopic (exact) mass is 432 g/mol. The molecule has 2 saturated heterocycles. The van der Waals surface area contributed by atoms with E-state index >= 15 is 0 Å². The Morgan fingerprint density at radius 1 is 0.688 bits per heavy atom. The number of ether oxygens (including phenoxy) is 2. The van der Waals surface area contributed by atoms with Gasteiger partial charge in [0, 0.05) is 19.3 Å². The average Bonchev–Trinajstić information content (AvgIpc) is 3.23. The summed E-state index contributed by atoms with van der Waals surface area (Å²) in [5.41, 5.74) is -1.26. The maximum Gasteiger partial charge on any atom is 0.205 e. The normalized spacial score (nSPS) is 33.8. The number of hydrogen-bond acceptors (Lipinski definition) is 5. The second-order valence-corrected chi connectivity index (χ2v) is 8.94. The predicted octanol–water partition coefficient (Wildman–Crippen LogP) is 2.66. The van der Waals surface area contributed by atoms with Crippen LogP contribution in [0, 0.1) is 0 Å². The molecule has 3 aromatic rings. The van der Waals surface area contributed by atoms with E-state index in [1.54, 1.807) is 0 Å². The third-order valence-electron chi connectivity index (χ3n) is 6.91. The predicted molar refractivity (Wildman–Crippen MR) is 120 cm³/mol. The molecular weight excluding hydrogens is 404 g/mol. The van der Waals surface area contributed by atoms with Gasteiger partial charge < -0.3 is 24.8 Å². The molecule has 5 heteroatoms. The zero-order valence-electron chi connectivity index (χ0n) is 17.8. The van der Waals surface area contributed by atoms with Crippen LogP contribution in [0.5, 0.6) is 0 Å². The van der Waals surface area contributed by atoms with Crippen LogP contribution in [-0.2, 0) is 28.7 Å². The van der Waals surface area contributed by atoms with Crippen LogP contribution in [0.3, 0.4) is 0 Å². The van der Waals surface area contributed by atoms with Crippen LogP contribution in [0.25, 0.3) is 0 Å². The molecule has 0 spiro atoms. The van der Waals surface area contributed by atoms with E-state index in [2.05, 4.69) is 0 Å². The van der Waals surface area contributed by atoms with Gasteiger partial charge in [0.25, 0.3) is 0 Å². The smallest absolute Gasteiger partial charge is 0.205 e. The van der Waals surface area contributed by atoms with E-state index in [9.17, 15) is 15.3 Å². The maximum absolute atomic E-state index is 12.4. The van der Waals surface area contributed by atoms with Gasteiger partial charge in [0.2, 0.25) is 5.79 Å². The highest BCUT2D eigenvalue weighted by molar-refractivity contribution is 5.32. The van der Waals surface area contributed by atoms with E-state index in [4.69, 9.17) is 9.47 Å². The maximum atomic E-state index is 12.4. The lowest BCUT2D eigenvalue weighted by Gasteiger charge is -2.57. The highest BCUT2D eigenvalue weighted by Gasteiger charge is 2.74. The fourth-order valence-electron chi connectivity index (χ4n) is 5.22. The van der Waals surface area contributed by atoms with Crippen molar-refractivity contribution in [3.63, 3.8) is 0 Å². The third-order valence-corrected chi connectivity index (χ3v) is 6.91. The second kappa shape index (κ2) is 8.10. The summed E-state index contributed by atoms with van der Waals surface area (Å²) in [6.45, 7) is 0.0994. The fraction of sp³-hybridized carbons (Fsp3) is 0.333. The molecule has 2 fully saturated rings. The molecule has 2 aliphatic rings. The van der Waals surface area contributed by atoms with Gasteiger partial charge in [-0.2, -0.15) is 0 Å². The summed E-state index contributed by atoms with van der Waals surface area (Å²) in [5, 5.41) is 35.8. The van der Waals surface area contributed by atoms with Crippen molar-refractivity contribution in [3.8, 4) is 0 Å². The molecule has 3 aromatic carbocycles. The van der Waals surface area contributed by atoms with Gasteiger partial charge in [-0.05, 0) is 16.7 Å². The zero-order valence-corrected chi connectivity index (χ0v) is 17.8. The van der Waals surface area contributed by atoms with Crippen LogP contribution < -0.4 is 0 Å². The van der Waals surface area contributed by atoms with Gasteiger partial charge in [-0.15, -0.1) is 0 Å². The molecule has 0 radical (unpaired) electrons. The first-order chi connectivity index (χ1) is 15.5. The molecule has 1 unspecified atom stereocenters. The van der Waals surface area contributed by atoms with E-state index in [0.29, 0.717) is 0 Å². The number of hydrogen-bond donors (Lipinski definition) is 3. The lowest BCUT2D eigenvalue weighted by Crippen LogP contribution is -2.78. The zero-order chi connectivity index (χ0) is 22.2. The molecule has 0 aliphatic carbocycles. The fourth-order valence-corrected chi connectivity index (χ4v) is 5.22. The minimum Gasteiger partial charge on any atom is -0.387 e. The Morgan fingerprint density at radius 2 is 1.16 bits per heavy atom. The van der Waals surface area contributed by atoms with Gasteiger partial charge >= 0.3 is 0 Å². The van der Waals surface area contributed by atoms with Crippen molar-refractivity contribution in [3.05, 3.63) is 108 Å². The van der Waals surface area contributed by atoms with Gasteiger partial charge in [0.1, 0.15) is 17.8 Å². The minimum absolute atomic E-state index is 0.0633. The minimum atomic E-state index is -1.92. The van der Waals surface area contributed by atoms with Crippen LogP contribution in [-0.4, -0.2) is 51.1 Å². The van der Waals surface area contributed by atoms with E-state index < -0.39 is 29.2 Å². The van der Waals surface area contributed by atoms with Crippen LogP contribution in [0.1, 0.15) is 16.7 Å². The molecule has 2 heterocycles. The largest absolute Gasteiger partial charge is 0.387 e. The summed E-state index contributed by atoms with van der Waals surface area (Å²) in [6, 6.07) is 28.5. The molecule has 0 amide bonds. The molecule has 5 atom stereocenters. The molecule has 2 aliphatic heterocycles. The number of fused-ring (bicyclic) bond motifs is 2. The quantitative estimate of drug-likeness (QED) is 0.558. The average molecular weight is 433 g/mol. The van der Waals surface area contributed by atoms with Gasteiger partial charge in [0.15, 0.2) is 5.60 Å². The van der Waals surface area contributed by atoms with Gasteiger partial charge in [-0.3, -0.25) is 0 Å². The van der Waals surface area contributed by atoms with Gasteiger partial charge in [-0.25, -0.2) is 0 Å². The molecule has 5 nitrogen and oxygen atoms in total. The number of aliphatic hydroxyl groups is 3. The van der Waals surface area contributed by atoms with Crippen LogP contribution >= 0.6 is 0 Å². The molecule has 3 N–H and O–H groups in total. The Hall–Kier alpha value is -2.54. The van der Waals surface area contributed by atoms with Crippen LogP contribution in [0.4, 0.5) is 0 Å². The van der Waals surface area contributed by atoms with E-state index in [-0.39, 0.29) is 25.9 Å². The summed E-state index contributed by atoms with van der Waals surface area (Å²) in [5.74, 6) is -1.50. The van der Waals surface area contributed by atoms with Crippen molar-refractivity contribution in [2.45, 2.75) is 48.5 Å². The lowest BCUT2D eigenvalue weighted by molar-refractivity contribution is -0.374. The molecule has 0 aromatic heterocycles. The van der Waals surface area contributed by atoms with Crippen LogP contribution in [0.15, 0.2) is 91.0 Å². The standard InChI is InChI=1S/C27H28O5/c28-24-23-19-31-27(32-23,18-22-14-8-3-9-15-22)26(30,17-21-12-6-2-7-13-21)25(24,29)16-20-10-4-1-5-11-20/h1-15,23-24,28-30H,16-19H2/t23-,24-,25+,26-,27?/m1/s1. The SMILES string of the molecule is O[C@@H]1[C@H]2COC(Cc3ccccc3)(O2)[C@@](O)(Cc2ccccc2)[C@]1(O)Cc1ccccc1. The summed E-state index contributed by atoms with van der Waals surface area (Å²) >= 11 is 0. The highest BCUT2D eigenvalue weighted by atomic mass is 16.8. The third kappa shape index (κ3) is 3.38. The molecule has 32 heavy (non-hydrogen) atoms. The molecule has 2 bridgehead atoms. The number of aliphatic hydroxyl groups excluding tert-OH is 1. The number of benzene rings is 3. The first kappa shape index (κ1) is 21.3. The van der Waals surface area contributed by atoms with E-state index in [0.717, 1.165) is 16.7 Å². The molecule has 166 valence electrons. The Balaban J connectivity index is 1.63. The lowest BCUT2D eigenvalue weighted by atomic mass is 9.64. The van der Waals surface area contributed by atoms with Crippen molar-refractivity contribution < 1.29 is 24.8 Å². The van der Waals surface area contributed by atoms with Gasteiger partial charge in [-0.1, -0.05) is 91.0 Å². The van der Waals surface area contributed by atoms with E-state index in [1.807, 2.05) is 91.0 Å². The Kier molecular flexibility index (Phi) is 5.40. The summed E-state index contributed by atoms with van der Waals surface area (Å²) in [4.78, 5) is 0. The Labute approximate surface area is 187 Å². The summed E-state index contributed by atoms with van der Waals surface area (Å²) < 4.78 is 12.4. The van der Waals surface area contributed by atoms with Gasteiger partial charge in [0.05, 0.1) is 6.61 Å². The second-order valence-electron chi connectivity index (χ2n) is 8.94. The molecular formula is C27H28O5. The molecule has 5 rings (SSSR count). The van der Waals surface area contributed by atoms with Crippen molar-refractivity contribution in [1.29, 1.82) is 0 Å². The van der Waals surface area contributed by atoms with E-state index in [1.165, 1.54) is 0 Å². The summed E-state index contributed by atoms with van der Waals surface area (Å²) in [6.07, 6.45) is -1.67.